The maximum atomic E-state index is 11.5. The lowest BCUT2D eigenvalue weighted by Gasteiger charge is -2.29. The second-order valence-electron chi connectivity index (χ2n) is 12.1. The average Bonchev–Trinajstić information content (AvgIpc) is 3.07. The summed E-state index contributed by atoms with van der Waals surface area (Å²) in [5, 5.41) is 91.6. The van der Waals surface area contributed by atoms with Crippen LogP contribution in [0.15, 0.2) is 42.2 Å². The maximum absolute atomic E-state index is 11.5. The van der Waals surface area contributed by atoms with Gasteiger partial charge in [-0.25, -0.2) is 0 Å². The molecular formula is C36H36Br4O8. The number of aromatic hydroxyl groups is 8. The van der Waals surface area contributed by atoms with Crippen molar-refractivity contribution in [1.82, 2.24) is 0 Å². The van der Waals surface area contributed by atoms with E-state index in [1.165, 1.54) is 0 Å². The molecule has 0 saturated carbocycles. The van der Waals surface area contributed by atoms with Crippen LogP contribution in [0.3, 0.4) is 0 Å². The lowest BCUT2D eigenvalue weighted by atomic mass is 9.77. The molecule has 0 aliphatic heterocycles. The van der Waals surface area contributed by atoms with Crippen molar-refractivity contribution >= 4 is 63.7 Å². The van der Waals surface area contributed by atoms with Crippen LogP contribution in [-0.4, -0.2) is 40.9 Å². The predicted octanol–water partition coefficient (Wildman–Crippen LogP) is 10.9. The van der Waals surface area contributed by atoms with E-state index in [1.54, 1.807) is 24.3 Å². The summed E-state index contributed by atoms with van der Waals surface area (Å²) in [6.45, 7) is 7.53. The van der Waals surface area contributed by atoms with E-state index in [2.05, 4.69) is 63.7 Å². The summed E-state index contributed by atoms with van der Waals surface area (Å²) in [4.78, 5) is 0. The number of fused-ring (bicyclic) bond motifs is 8. The number of phenols is 8. The second-order valence-corrected chi connectivity index (χ2v) is 15.3. The highest BCUT2D eigenvalue weighted by molar-refractivity contribution is 9.11. The van der Waals surface area contributed by atoms with Crippen LogP contribution < -0.4 is 0 Å². The Morgan fingerprint density at radius 3 is 0.562 bits per heavy atom. The van der Waals surface area contributed by atoms with Gasteiger partial charge in [0, 0.05) is 68.2 Å². The van der Waals surface area contributed by atoms with E-state index in [-0.39, 0.29) is 63.9 Å². The molecule has 0 fully saturated rings. The van der Waals surface area contributed by atoms with Crippen molar-refractivity contribution in [2.24, 2.45) is 0 Å². The van der Waals surface area contributed by atoms with Gasteiger partial charge in [-0.15, -0.1) is 0 Å². The van der Waals surface area contributed by atoms with Crippen LogP contribution in [0.25, 0.3) is 0 Å². The van der Waals surface area contributed by atoms with Crippen LogP contribution in [0.5, 0.6) is 46.0 Å². The van der Waals surface area contributed by atoms with E-state index in [0.29, 0.717) is 70.2 Å². The van der Waals surface area contributed by atoms with Crippen LogP contribution in [0, 0.1) is 0 Å². The molecule has 0 spiro atoms. The van der Waals surface area contributed by atoms with Gasteiger partial charge in [0.15, 0.2) is 0 Å². The highest BCUT2D eigenvalue weighted by Gasteiger charge is 2.35. The molecule has 1 aliphatic rings. The van der Waals surface area contributed by atoms with Crippen LogP contribution in [0.4, 0.5) is 0 Å². The quantitative estimate of drug-likeness (QED) is 0.100. The molecule has 48 heavy (non-hydrogen) atoms. The molecule has 0 heterocycles. The van der Waals surface area contributed by atoms with Gasteiger partial charge < -0.3 is 40.9 Å². The highest BCUT2D eigenvalue weighted by atomic mass is 79.9. The molecule has 0 aromatic heterocycles. The van der Waals surface area contributed by atoms with E-state index in [9.17, 15) is 40.9 Å². The van der Waals surface area contributed by atoms with Crippen molar-refractivity contribution in [3.8, 4) is 46.0 Å². The van der Waals surface area contributed by atoms with Crippen molar-refractivity contribution in [2.75, 3.05) is 0 Å². The minimum Gasteiger partial charge on any atom is -0.506 e. The zero-order valence-corrected chi connectivity index (χ0v) is 32.9. The summed E-state index contributed by atoms with van der Waals surface area (Å²) in [7, 11) is 0. The van der Waals surface area contributed by atoms with Crippen LogP contribution in [0.1, 0.15) is 122 Å². The van der Waals surface area contributed by atoms with Gasteiger partial charge in [0.25, 0.3) is 0 Å². The Balaban J connectivity index is 2.04. The first-order valence-corrected chi connectivity index (χ1v) is 18.8. The molecule has 4 aromatic carbocycles. The normalized spacial score (nSPS) is 19.0. The summed E-state index contributed by atoms with van der Waals surface area (Å²) >= 11 is 13.5. The van der Waals surface area contributed by atoms with E-state index < -0.39 is 23.7 Å². The van der Waals surface area contributed by atoms with Gasteiger partial charge in [-0.2, -0.15) is 0 Å². The van der Waals surface area contributed by atoms with Gasteiger partial charge in [-0.05, 0) is 114 Å². The van der Waals surface area contributed by atoms with Gasteiger partial charge in [-0.1, -0.05) is 27.7 Å². The maximum Gasteiger partial charge on any atom is 0.137 e. The van der Waals surface area contributed by atoms with Crippen molar-refractivity contribution in [1.29, 1.82) is 0 Å². The Morgan fingerprint density at radius 2 is 0.458 bits per heavy atom. The molecule has 12 heteroatoms. The molecule has 8 nitrogen and oxygen atoms in total. The van der Waals surface area contributed by atoms with Gasteiger partial charge in [-0.3, -0.25) is 0 Å². The minimum atomic E-state index is -0.643. The molecule has 8 bridgehead atoms. The number of hydrogen-bond acceptors (Lipinski definition) is 8. The molecule has 4 aromatic rings. The molecule has 0 amide bonds. The SMILES string of the molecule is CCC1c2cc(c(O)c(Br)c2O)C(CC)c2cc(c(O)c(Br)c2O)C(CC)c2cc(c(O)c(Br)c2O)C(CC)c2cc1c(O)c(Br)c2O. The summed E-state index contributed by atoms with van der Waals surface area (Å²) in [5.74, 6) is -4.43. The zero-order chi connectivity index (χ0) is 35.5. The van der Waals surface area contributed by atoms with E-state index in [0.717, 1.165) is 0 Å². The fourth-order valence-corrected chi connectivity index (χ4v) is 9.07. The Hall–Kier alpha value is -2.80. The van der Waals surface area contributed by atoms with Gasteiger partial charge in [0.1, 0.15) is 63.9 Å². The Bertz CT molecular complexity index is 1550. The lowest BCUT2D eigenvalue weighted by Crippen LogP contribution is -2.11. The third-order valence-electron chi connectivity index (χ3n) is 9.73. The van der Waals surface area contributed by atoms with Crippen LogP contribution in [-0.2, 0) is 0 Å². The van der Waals surface area contributed by atoms with Gasteiger partial charge >= 0.3 is 0 Å². The summed E-state index contributed by atoms with van der Waals surface area (Å²) < 4.78 is 0.151. The fourth-order valence-electron chi connectivity index (χ4n) is 7.23. The third kappa shape index (κ3) is 5.60. The molecule has 0 radical (unpaired) electrons. The first kappa shape index (κ1) is 36.5. The largest absolute Gasteiger partial charge is 0.506 e. The fraction of sp³-hybridized carbons (Fsp3) is 0.333. The lowest BCUT2D eigenvalue weighted by molar-refractivity contribution is 0.418. The zero-order valence-electron chi connectivity index (χ0n) is 26.5. The number of halogens is 4. The Labute approximate surface area is 312 Å². The smallest absolute Gasteiger partial charge is 0.137 e. The third-order valence-corrected chi connectivity index (χ3v) is 12.7. The van der Waals surface area contributed by atoms with E-state index >= 15 is 0 Å². The molecule has 256 valence electrons. The molecule has 0 saturated heterocycles. The molecule has 1 aliphatic carbocycles. The molecule has 0 atom stereocenters. The molecule has 0 unspecified atom stereocenters. The van der Waals surface area contributed by atoms with Gasteiger partial charge in [0.05, 0.1) is 0 Å². The summed E-state index contributed by atoms with van der Waals surface area (Å²) in [6.07, 6.45) is 1.56. The number of hydrogen-bond donors (Lipinski definition) is 8. The number of phenolic OH excluding ortho intramolecular Hbond substituents is 8. The Kier molecular flexibility index (Phi) is 10.5. The number of rotatable bonds is 4. The first-order chi connectivity index (χ1) is 22.7. The standard InChI is InChI=1S/C36H36Br4O8/c1-5-13-17-9-19(31(43)25(37)29(17)41)14(6-2)21-11-23(35(47)27(39)33(21)45)16(8-4)24-12-22(34(46)28(40)36(24)48)15(7-3)20-10-18(13)30(42)26(38)32(20)44/h9-16,41-48H,5-8H2,1-4H3. The first-order valence-electron chi connectivity index (χ1n) is 15.6. The van der Waals surface area contributed by atoms with E-state index in [4.69, 9.17) is 0 Å². The minimum absolute atomic E-state index is 0.0377. The van der Waals surface area contributed by atoms with Crippen LogP contribution >= 0.6 is 63.7 Å². The van der Waals surface area contributed by atoms with Crippen molar-refractivity contribution < 1.29 is 40.9 Å². The summed E-state index contributed by atoms with van der Waals surface area (Å²) in [6, 6.07) is 6.65. The van der Waals surface area contributed by atoms with Crippen molar-refractivity contribution in [3.05, 3.63) is 86.7 Å². The highest BCUT2D eigenvalue weighted by Crippen LogP contribution is 2.57. The Morgan fingerprint density at radius 1 is 0.333 bits per heavy atom. The molecule has 5 rings (SSSR count). The molecular weight excluding hydrogens is 880 g/mol. The summed E-state index contributed by atoms with van der Waals surface area (Å²) in [5.41, 5.74) is 3.08. The molecule has 8 N–H and O–H groups in total. The van der Waals surface area contributed by atoms with E-state index in [1.807, 2.05) is 27.7 Å². The average molecular weight is 916 g/mol. The van der Waals surface area contributed by atoms with Crippen molar-refractivity contribution in [3.63, 3.8) is 0 Å². The second kappa shape index (κ2) is 13.8. The predicted molar refractivity (Wildman–Crippen MR) is 198 cm³/mol. The van der Waals surface area contributed by atoms with Gasteiger partial charge in [0.2, 0.25) is 0 Å². The monoisotopic (exact) mass is 912 g/mol. The number of benzene rings is 4. The van der Waals surface area contributed by atoms with Crippen LogP contribution in [0.2, 0.25) is 0 Å². The topological polar surface area (TPSA) is 162 Å². The van der Waals surface area contributed by atoms with Crippen molar-refractivity contribution in [2.45, 2.75) is 77.0 Å².